The van der Waals surface area contributed by atoms with E-state index in [4.69, 9.17) is 5.26 Å². The van der Waals surface area contributed by atoms with Crippen LogP contribution in [0.1, 0.15) is 12.8 Å². The Balaban J connectivity index is 1.57. The fourth-order valence-corrected chi connectivity index (χ4v) is 2.28. The van der Waals surface area contributed by atoms with Crippen molar-refractivity contribution in [2.45, 2.75) is 19.1 Å². The number of nitrogens with one attached hydrogen (secondary N) is 1. The number of carbonyl (C=O) groups is 1. The van der Waals surface area contributed by atoms with E-state index < -0.39 is 12.1 Å². The molecule has 9 heteroatoms. The van der Waals surface area contributed by atoms with Crippen LogP contribution in [0.4, 0.5) is 0 Å². The molecular weight excluding hydrogens is 310 g/mol. The molecule has 1 amide bonds. The molecule has 0 aromatic carbocycles. The van der Waals surface area contributed by atoms with Crippen molar-refractivity contribution in [2.75, 3.05) is 6.54 Å². The molecule has 122 valence electrons. The van der Waals surface area contributed by atoms with Crippen molar-refractivity contribution >= 4 is 23.8 Å². The van der Waals surface area contributed by atoms with Gasteiger partial charge in [-0.15, -0.1) is 0 Å². The first-order valence-electron chi connectivity index (χ1n) is 7.40. The van der Waals surface area contributed by atoms with Crippen LogP contribution < -0.4 is 5.32 Å². The number of amides is 1. The number of carbonyl (C=O) groups excluding carboxylic acids is 1. The Bertz CT molecular complexity index is 783. The Morgan fingerprint density at radius 1 is 1.50 bits per heavy atom. The number of rotatable bonds is 3. The Morgan fingerprint density at radius 2 is 2.38 bits per heavy atom. The van der Waals surface area contributed by atoms with Crippen LogP contribution in [0, 0.1) is 17.2 Å². The lowest BCUT2D eigenvalue weighted by molar-refractivity contribution is -0.125. The predicted molar refractivity (Wildman–Crippen MR) is 86.4 cm³/mol. The molecule has 0 radical (unpaired) electrons. The Hall–Kier alpha value is -3.12. The maximum absolute atomic E-state index is 12.2. The van der Waals surface area contributed by atoms with Crippen LogP contribution in [-0.2, 0) is 4.79 Å². The minimum atomic E-state index is -1.22. The summed E-state index contributed by atoms with van der Waals surface area (Å²) >= 11 is 0. The molecule has 0 saturated carbocycles. The van der Waals surface area contributed by atoms with Gasteiger partial charge in [0.1, 0.15) is 17.7 Å². The predicted octanol–water partition coefficient (Wildman–Crippen LogP) is -0.135. The fourth-order valence-electron chi connectivity index (χ4n) is 2.28. The smallest absolute Gasteiger partial charge is 0.248 e. The van der Waals surface area contributed by atoms with Gasteiger partial charge in [-0.05, 0) is 18.1 Å². The van der Waals surface area contributed by atoms with Gasteiger partial charge in [0.25, 0.3) is 0 Å². The van der Waals surface area contributed by atoms with E-state index in [0.717, 1.165) is 5.57 Å². The third-order valence-electron chi connectivity index (χ3n) is 3.64. The summed E-state index contributed by atoms with van der Waals surface area (Å²) in [5, 5.41) is 25.5. The molecule has 2 unspecified atom stereocenters. The molecule has 3 heterocycles. The molecular formula is C15H15N7O2. The highest BCUT2D eigenvalue weighted by Gasteiger charge is 2.28. The van der Waals surface area contributed by atoms with Gasteiger partial charge in [-0.25, -0.2) is 14.7 Å². The summed E-state index contributed by atoms with van der Waals surface area (Å²) in [7, 11) is 0. The lowest BCUT2D eigenvalue weighted by atomic mass is 10.0. The average molecular weight is 325 g/mol. The van der Waals surface area contributed by atoms with Crippen molar-refractivity contribution in [3.63, 3.8) is 0 Å². The molecule has 2 N–H and O–H groups in total. The standard InChI is InChI=1S/C15H15N7O2/c16-6-11-3-2-10(7-17-11)8-18-13(23)12-9-19-15(21-14(12)24)22-5-1-4-20-22/h1,4-5,7,9,12,14,24H,2-3,8H2,(H,18,23). The Kier molecular flexibility index (Phi) is 4.58. The molecule has 24 heavy (non-hydrogen) atoms. The second kappa shape index (κ2) is 6.97. The zero-order chi connectivity index (χ0) is 16.9. The number of aliphatic hydroxyl groups is 1. The van der Waals surface area contributed by atoms with E-state index in [0.29, 0.717) is 25.1 Å². The first-order chi connectivity index (χ1) is 11.7. The summed E-state index contributed by atoms with van der Waals surface area (Å²) in [6.07, 6.45) is 6.22. The van der Waals surface area contributed by atoms with Crippen LogP contribution in [0.3, 0.4) is 0 Å². The third kappa shape index (κ3) is 3.44. The molecule has 0 bridgehead atoms. The van der Waals surface area contributed by atoms with E-state index >= 15 is 0 Å². The topological polar surface area (TPSA) is 128 Å². The van der Waals surface area contributed by atoms with E-state index in [-0.39, 0.29) is 11.9 Å². The molecule has 2 aliphatic heterocycles. The molecule has 1 aromatic heterocycles. The van der Waals surface area contributed by atoms with Crippen molar-refractivity contribution in [2.24, 2.45) is 20.9 Å². The first kappa shape index (κ1) is 15.8. The fraction of sp³-hybridized carbons (Fsp3) is 0.333. The summed E-state index contributed by atoms with van der Waals surface area (Å²) in [5.41, 5.74) is 1.41. The number of nitriles is 1. The van der Waals surface area contributed by atoms with Gasteiger partial charge in [0, 0.05) is 37.8 Å². The molecule has 2 atom stereocenters. The van der Waals surface area contributed by atoms with Crippen LogP contribution in [-0.4, -0.2) is 51.5 Å². The minimum absolute atomic E-state index is 0.227. The van der Waals surface area contributed by atoms with Crippen molar-refractivity contribution in [1.82, 2.24) is 15.1 Å². The number of aromatic nitrogens is 2. The number of hydrogen-bond acceptors (Lipinski definition) is 7. The van der Waals surface area contributed by atoms with Gasteiger partial charge in [0.15, 0.2) is 6.23 Å². The summed E-state index contributed by atoms with van der Waals surface area (Å²) in [4.78, 5) is 24.3. The van der Waals surface area contributed by atoms with E-state index in [1.807, 2.05) is 6.07 Å². The molecule has 0 spiro atoms. The summed E-state index contributed by atoms with van der Waals surface area (Å²) in [6, 6.07) is 3.72. The molecule has 0 saturated heterocycles. The monoisotopic (exact) mass is 325 g/mol. The molecule has 9 nitrogen and oxygen atoms in total. The second-order valence-electron chi connectivity index (χ2n) is 5.29. The van der Waals surface area contributed by atoms with Gasteiger partial charge in [-0.1, -0.05) is 0 Å². The third-order valence-corrected chi connectivity index (χ3v) is 3.64. The summed E-state index contributed by atoms with van der Waals surface area (Å²) in [5.74, 6) is -0.998. The van der Waals surface area contributed by atoms with Gasteiger partial charge in [0.2, 0.25) is 11.9 Å². The SMILES string of the molecule is N#CC1=NC=C(CNC(=O)C2C=NC(n3cccn3)=NC2O)CC1. The van der Waals surface area contributed by atoms with Crippen LogP contribution in [0.5, 0.6) is 0 Å². The van der Waals surface area contributed by atoms with Gasteiger partial charge in [-0.2, -0.15) is 10.4 Å². The molecule has 3 rings (SSSR count). The number of hydrogen-bond donors (Lipinski definition) is 2. The van der Waals surface area contributed by atoms with Crippen molar-refractivity contribution in [1.29, 1.82) is 5.26 Å². The number of aliphatic hydroxyl groups excluding tert-OH is 1. The largest absolute Gasteiger partial charge is 0.370 e. The molecule has 1 aromatic rings. The number of aliphatic imine (C=N–C) groups is 3. The van der Waals surface area contributed by atoms with E-state index in [9.17, 15) is 9.90 Å². The average Bonchev–Trinajstić information content (AvgIpc) is 3.14. The lowest BCUT2D eigenvalue weighted by Gasteiger charge is -2.20. The highest BCUT2D eigenvalue weighted by atomic mass is 16.3. The quantitative estimate of drug-likeness (QED) is 0.801. The Morgan fingerprint density at radius 3 is 3.00 bits per heavy atom. The zero-order valence-corrected chi connectivity index (χ0v) is 12.7. The maximum Gasteiger partial charge on any atom is 0.248 e. The highest BCUT2D eigenvalue weighted by Crippen LogP contribution is 2.13. The Labute approximate surface area is 137 Å². The normalized spacial score (nSPS) is 22.9. The first-order valence-corrected chi connectivity index (χ1v) is 7.40. The van der Waals surface area contributed by atoms with Crippen LogP contribution in [0.2, 0.25) is 0 Å². The molecule has 0 aliphatic carbocycles. The second-order valence-corrected chi connectivity index (χ2v) is 5.29. The van der Waals surface area contributed by atoms with Gasteiger partial charge >= 0.3 is 0 Å². The molecule has 0 fully saturated rings. The van der Waals surface area contributed by atoms with Crippen molar-refractivity contribution < 1.29 is 9.90 Å². The van der Waals surface area contributed by atoms with Crippen LogP contribution in [0.15, 0.2) is 45.2 Å². The van der Waals surface area contributed by atoms with Crippen molar-refractivity contribution in [3.05, 3.63) is 30.2 Å². The van der Waals surface area contributed by atoms with Crippen LogP contribution in [0.25, 0.3) is 0 Å². The van der Waals surface area contributed by atoms with Gasteiger partial charge in [-0.3, -0.25) is 9.79 Å². The van der Waals surface area contributed by atoms with Gasteiger partial charge < -0.3 is 10.4 Å². The highest BCUT2D eigenvalue weighted by molar-refractivity contribution is 6.01. The zero-order valence-electron chi connectivity index (χ0n) is 12.7. The maximum atomic E-state index is 12.2. The van der Waals surface area contributed by atoms with E-state index in [2.05, 4.69) is 25.4 Å². The van der Waals surface area contributed by atoms with Crippen molar-refractivity contribution in [3.8, 4) is 6.07 Å². The molecule has 2 aliphatic rings. The van der Waals surface area contributed by atoms with Crippen LogP contribution >= 0.6 is 0 Å². The van der Waals surface area contributed by atoms with Gasteiger partial charge in [0.05, 0.1) is 0 Å². The summed E-state index contributed by atoms with van der Waals surface area (Å²) < 4.78 is 1.41. The minimum Gasteiger partial charge on any atom is -0.370 e. The van der Waals surface area contributed by atoms with E-state index in [1.54, 1.807) is 24.7 Å². The summed E-state index contributed by atoms with van der Waals surface area (Å²) in [6.45, 7) is 0.313. The van der Waals surface area contributed by atoms with E-state index in [1.165, 1.54) is 10.9 Å². The number of nitrogens with zero attached hydrogens (tertiary/aromatic N) is 6. The lowest BCUT2D eigenvalue weighted by Crippen LogP contribution is -2.41.